The van der Waals surface area contributed by atoms with Gasteiger partial charge in [-0.2, -0.15) is 0 Å². The molecule has 17 heavy (non-hydrogen) atoms. The van der Waals surface area contributed by atoms with Crippen LogP contribution in [0.4, 0.5) is 4.39 Å². The number of aromatic nitrogens is 2. The standard InChI is InChI=1S/C13H16FN3/c1-2-17-11-5-4-9(14)8-10(11)16-12(17)13(15)6-3-7-13/h4-5,8H,2-3,6-7,15H2,1H3. The average molecular weight is 233 g/mol. The molecule has 0 aliphatic heterocycles. The van der Waals surface area contributed by atoms with Gasteiger partial charge in [-0.15, -0.1) is 0 Å². The molecule has 1 aromatic heterocycles. The van der Waals surface area contributed by atoms with E-state index >= 15 is 0 Å². The van der Waals surface area contributed by atoms with Gasteiger partial charge in [-0.25, -0.2) is 9.37 Å². The third-order valence-electron chi connectivity index (χ3n) is 3.72. The van der Waals surface area contributed by atoms with Crippen molar-refractivity contribution in [3.05, 3.63) is 29.8 Å². The topological polar surface area (TPSA) is 43.8 Å². The highest BCUT2D eigenvalue weighted by molar-refractivity contribution is 5.76. The van der Waals surface area contributed by atoms with Crippen molar-refractivity contribution < 1.29 is 4.39 Å². The number of halogens is 1. The zero-order valence-electron chi connectivity index (χ0n) is 9.91. The molecule has 0 bridgehead atoms. The number of fused-ring (bicyclic) bond motifs is 1. The third kappa shape index (κ3) is 1.47. The lowest BCUT2D eigenvalue weighted by atomic mass is 9.77. The molecular weight excluding hydrogens is 217 g/mol. The van der Waals surface area contributed by atoms with Crippen LogP contribution in [-0.4, -0.2) is 9.55 Å². The number of nitrogens with zero attached hydrogens (tertiary/aromatic N) is 2. The summed E-state index contributed by atoms with van der Waals surface area (Å²) in [5.74, 6) is 0.663. The van der Waals surface area contributed by atoms with E-state index in [9.17, 15) is 4.39 Å². The molecule has 0 saturated heterocycles. The third-order valence-corrected chi connectivity index (χ3v) is 3.72. The fourth-order valence-corrected chi connectivity index (χ4v) is 2.58. The SMILES string of the molecule is CCn1c(C2(N)CCC2)nc2cc(F)ccc21. The van der Waals surface area contributed by atoms with Crippen molar-refractivity contribution in [3.8, 4) is 0 Å². The summed E-state index contributed by atoms with van der Waals surface area (Å²) >= 11 is 0. The highest BCUT2D eigenvalue weighted by Gasteiger charge is 2.38. The Balaban J connectivity index is 2.24. The zero-order valence-corrected chi connectivity index (χ0v) is 9.91. The number of nitrogens with two attached hydrogens (primary N) is 1. The van der Waals surface area contributed by atoms with Crippen molar-refractivity contribution in [3.63, 3.8) is 0 Å². The summed E-state index contributed by atoms with van der Waals surface area (Å²) in [6.45, 7) is 2.88. The molecule has 1 fully saturated rings. The lowest BCUT2D eigenvalue weighted by Gasteiger charge is -2.37. The van der Waals surface area contributed by atoms with Crippen molar-refractivity contribution in [2.24, 2.45) is 5.73 Å². The molecular formula is C13H16FN3. The number of hydrogen-bond donors (Lipinski definition) is 1. The Hall–Kier alpha value is -1.42. The normalized spacial score (nSPS) is 18.3. The highest BCUT2D eigenvalue weighted by Crippen LogP contribution is 2.39. The molecule has 0 radical (unpaired) electrons. The van der Waals surface area contributed by atoms with Crippen molar-refractivity contribution in [1.82, 2.24) is 9.55 Å². The predicted octanol–water partition coefficient (Wildman–Crippen LogP) is 2.53. The van der Waals surface area contributed by atoms with Crippen LogP contribution in [0.1, 0.15) is 32.0 Å². The maximum absolute atomic E-state index is 13.2. The Morgan fingerprint density at radius 3 is 2.82 bits per heavy atom. The Morgan fingerprint density at radius 2 is 2.24 bits per heavy atom. The molecule has 1 aliphatic carbocycles. The van der Waals surface area contributed by atoms with E-state index in [2.05, 4.69) is 16.5 Å². The summed E-state index contributed by atoms with van der Waals surface area (Å²) in [7, 11) is 0. The van der Waals surface area contributed by atoms with Gasteiger partial charge in [0.25, 0.3) is 0 Å². The predicted molar refractivity (Wildman–Crippen MR) is 65.1 cm³/mol. The monoisotopic (exact) mass is 233 g/mol. The summed E-state index contributed by atoms with van der Waals surface area (Å²) in [5, 5.41) is 0. The Labute approximate surface area is 99.4 Å². The molecule has 1 heterocycles. The van der Waals surface area contributed by atoms with E-state index in [0.29, 0.717) is 5.52 Å². The van der Waals surface area contributed by atoms with Crippen LogP contribution in [0.5, 0.6) is 0 Å². The molecule has 1 aromatic carbocycles. The van der Waals surface area contributed by atoms with Crippen molar-refractivity contribution in [1.29, 1.82) is 0 Å². The summed E-state index contributed by atoms with van der Waals surface area (Å²) < 4.78 is 15.3. The summed E-state index contributed by atoms with van der Waals surface area (Å²) in [5.41, 5.74) is 7.71. The quantitative estimate of drug-likeness (QED) is 0.866. The average Bonchev–Trinajstić information content (AvgIpc) is 2.63. The number of hydrogen-bond acceptors (Lipinski definition) is 2. The molecule has 0 atom stereocenters. The number of aryl methyl sites for hydroxylation is 1. The van der Waals surface area contributed by atoms with Gasteiger partial charge < -0.3 is 10.3 Å². The van der Waals surface area contributed by atoms with Crippen LogP contribution in [0, 0.1) is 5.82 Å². The molecule has 0 spiro atoms. The molecule has 90 valence electrons. The van der Waals surface area contributed by atoms with E-state index in [1.54, 1.807) is 6.07 Å². The first kappa shape index (κ1) is 10.7. The Kier molecular flexibility index (Phi) is 2.23. The Morgan fingerprint density at radius 1 is 1.47 bits per heavy atom. The minimum absolute atomic E-state index is 0.246. The lowest BCUT2D eigenvalue weighted by molar-refractivity contribution is 0.231. The minimum Gasteiger partial charge on any atom is -0.327 e. The van der Waals surface area contributed by atoms with E-state index in [4.69, 9.17) is 5.73 Å². The fourth-order valence-electron chi connectivity index (χ4n) is 2.58. The fraction of sp³-hybridized carbons (Fsp3) is 0.462. The van der Waals surface area contributed by atoms with E-state index in [0.717, 1.165) is 37.1 Å². The van der Waals surface area contributed by atoms with Crippen LogP contribution >= 0.6 is 0 Å². The van der Waals surface area contributed by atoms with Gasteiger partial charge in [0.1, 0.15) is 11.6 Å². The second kappa shape index (κ2) is 3.53. The van der Waals surface area contributed by atoms with Gasteiger partial charge in [0, 0.05) is 12.6 Å². The van der Waals surface area contributed by atoms with Gasteiger partial charge in [-0.1, -0.05) is 0 Å². The van der Waals surface area contributed by atoms with E-state index in [-0.39, 0.29) is 11.4 Å². The van der Waals surface area contributed by atoms with Crippen LogP contribution in [0.15, 0.2) is 18.2 Å². The molecule has 3 rings (SSSR count). The van der Waals surface area contributed by atoms with Gasteiger partial charge in [-0.05, 0) is 38.3 Å². The molecule has 2 aromatic rings. The Bertz CT molecular complexity index is 569. The molecule has 1 saturated carbocycles. The van der Waals surface area contributed by atoms with E-state index in [1.165, 1.54) is 12.1 Å². The van der Waals surface area contributed by atoms with Crippen molar-refractivity contribution in [2.75, 3.05) is 0 Å². The van der Waals surface area contributed by atoms with Crippen LogP contribution in [0.25, 0.3) is 11.0 Å². The first-order valence-corrected chi connectivity index (χ1v) is 6.09. The zero-order chi connectivity index (χ0) is 12.0. The molecule has 4 heteroatoms. The molecule has 2 N–H and O–H groups in total. The van der Waals surface area contributed by atoms with Crippen molar-refractivity contribution >= 4 is 11.0 Å². The van der Waals surface area contributed by atoms with Crippen LogP contribution in [0.3, 0.4) is 0 Å². The molecule has 0 amide bonds. The summed E-state index contributed by atoms with van der Waals surface area (Å²) in [6.07, 6.45) is 3.09. The molecule has 1 aliphatic rings. The van der Waals surface area contributed by atoms with Gasteiger partial charge in [-0.3, -0.25) is 0 Å². The second-order valence-electron chi connectivity index (χ2n) is 4.82. The lowest BCUT2D eigenvalue weighted by Crippen LogP contribution is -2.45. The van der Waals surface area contributed by atoms with Gasteiger partial charge >= 0.3 is 0 Å². The number of benzene rings is 1. The van der Waals surface area contributed by atoms with Crippen LogP contribution < -0.4 is 5.73 Å². The van der Waals surface area contributed by atoms with Gasteiger partial charge in [0.2, 0.25) is 0 Å². The maximum Gasteiger partial charge on any atom is 0.130 e. The van der Waals surface area contributed by atoms with Crippen molar-refractivity contribution in [2.45, 2.75) is 38.3 Å². The number of rotatable bonds is 2. The van der Waals surface area contributed by atoms with Gasteiger partial charge in [0.05, 0.1) is 16.6 Å². The first-order valence-electron chi connectivity index (χ1n) is 6.09. The van der Waals surface area contributed by atoms with Crippen LogP contribution in [-0.2, 0) is 12.1 Å². The van der Waals surface area contributed by atoms with E-state index < -0.39 is 0 Å². The maximum atomic E-state index is 13.2. The molecule has 3 nitrogen and oxygen atoms in total. The van der Waals surface area contributed by atoms with E-state index in [1.807, 2.05) is 0 Å². The molecule has 0 unspecified atom stereocenters. The largest absolute Gasteiger partial charge is 0.327 e. The van der Waals surface area contributed by atoms with Gasteiger partial charge in [0.15, 0.2) is 0 Å². The van der Waals surface area contributed by atoms with Crippen LogP contribution in [0.2, 0.25) is 0 Å². The second-order valence-corrected chi connectivity index (χ2v) is 4.82. The number of imidazole rings is 1. The highest BCUT2D eigenvalue weighted by atomic mass is 19.1. The minimum atomic E-state index is -0.300. The first-order chi connectivity index (χ1) is 8.14. The summed E-state index contributed by atoms with van der Waals surface area (Å²) in [4.78, 5) is 4.54. The smallest absolute Gasteiger partial charge is 0.130 e. The summed E-state index contributed by atoms with van der Waals surface area (Å²) in [6, 6.07) is 4.74.